The Kier molecular flexibility index (Phi) is 5.18. The number of rotatable bonds is 3. The van der Waals surface area contributed by atoms with Crippen LogP contribution in [0.5, 0.6) is 0 Å². The van der Waals surface area contributed by atoms with Gasteiger partial charge in [0, 0.05) is 16.4 Å². The van der Waals surface area contributed by atoms with Gasteiger partial charge in [-0.25, -0.2) is 4.79 Å². The van der Waals surface area contributed by atoms with E-state index in [4.69, 9.17) is 5.73 Å². The summed E-state index contributed by atoms with van der Waals surface area (Å²) in [7, 11) is 0. The van der Waals surface area contributed by atoms with E-state index >= 15 is 0 Å². The highest BCUT2D eigenvalue weighted by atomic mass is 79.9. The van der Waals surface area contributed by atoms with Crippen LogP contribution in [-0.4, -0.2) is 22.8 Å². The third-order valence-corrected chi connectivity index (χ3v) is 5.24. The predicted molar refractivity (Wildman–Crippen MR) is 103 cm³/mol. The van der Waals surface area contributed by atoms with Crippen LogP contribution in [0.25, 0.3) is 0 Å². The van der Waals surface area contributed by atoms with Crippen LogP contribution in [0, 0.1) is 6.92 Å². The number of amidine groups is 1. The second-order valence-corrected chi connectivity index (χ2v) is 7.30. The zero-order chi connectivity index (χ0) is 18.7. The first-order valence-corrected chi connectivity index (χ1v) is 9.09. The quantitative estimate of drug-likeness (QED) is 0.593. The molecule has 0 atom stereocenters. The lowest BCUT2D eigenvalue weighted by atomic mass is 9.63. The number of aromatic nitrogens is 1. The van der Waals surface area contributed by atoms with Crippen molar-refractivity contribution in [1.82, 2.24) is 10.3 Å². The highest BCUT2D eigenvalue weighted by Gasteiger charge is 2.42. The van der Waals surface area contributed by atoms with E-state index in [1.165, 1.54) is 6.20 Å². The summed E-state index contributed by atoms with van der Waals surface area (Å²) in [5, 5.41) is 2.23. The molecule has 3 N–H and O–H groups in total. The molecule has 26 heavy (non-hydrogen) atoms. The van der Waals surface area contributed by atoms with Gasteiger partial charge in [0.2, 0.25) is 0 Å². The Morgan fingerprint density at radius 3 is 2.42 bits per heavy atom. The Bertz CT molecular complexity index is 856. The Morgan fingerprint density at radius 1 is 1.19 bits per heavy atom. The van der Waals surface area contributed by atoms with Crippen LogP contribution < -0.4 is 11.1 Å². The summed E-state index contributed by atoms with van der Waals surface area (Å²) >= 11 is 3.41. The fourth-order valence-electron chi connectivity index (χ4n) is 3.01. The molecule has 0 bridgehead atoms. The fraction of sp³-hybridized carbons (Fsp3) is 0.263. The molecule has 3 rings (SSSR count). The Hall–Kier alpha value is -2.54. The summed E-state index contributed by atoms with van der Waals surface area (Å²) in [6.45, 7) is 1.82. The first kappa shape index (κ1) is 18.3. The van der Waals surface area contributed by atoms with Gasteiger partial charge in [0.25, 0.3) is 5.91 Å². The monoisotopic (exact) mass is 414 g/mol. The molecule has 0 spiro atoms. The molecule has 3 amide bonds. The summed E-state index contributed by atoms with van der Waals surface area (Å²) < 4.78 is 0.973. The predicted octanol–water partition coefficient (Wildman–Crippen LogP) is 3.48. The molecule has 2 aromatic rings. The van der Waals surface area contributed by atoms with E-state index in [0.29, 0.717) is 5.56 Å². The molecule has 1 fully saturated rings. The van der Waals surface area contributed by atoms with E-state index in [9.17, 15) is 9.59 Å². The molecule has 1 aliphatic carbocycles. The first-order valence-electron chi connectivity index (χ1n) is 8.29. The minimum atomic E-state index is -0.767. The van der Waals surface area contributed by atoms with Crippen molar-refractivity contribution in [2.45, 2.75) is 31.6 Å². The fourth-order valence-corrected chi connectivity index (χ4v) is 3.27. The van der Waals surface area contributed by atoms with Crippen LogP contribution in [0.3, 0.4) is 0 Å². The number of hydrogen-bond donors (Lipinski definition) is 2. The SMILES string of the molecule is Cc1ccc(C(=O)NC(=O)/N=C(\N)C2(c3ccc(Br)cc3)CCC2)cn1. The molecule has 1 heterocycles. The van der Waals surface area contributed by atoms with Crippen molar-refractivity contribution in [3.8, 4) is 0 Å². The molecule has 1 aromatic heterocycles. The molecule has 1 aromatic carbocycles. The number of imide groups is 1. The maximum absolute atomic E-state index is 12.1. The minimum Gasteiger partial charge on any atom is -0.386 e. The van der Waals surface area contributed by atoms with Gasteiger partial charge in [-0.15, -0.1) is 0 Å². The van der Waals surface area contributed by atoms with Gasteiger partial charge in [-0.2, -0.15) is 4.99 Å². The number of nitrogens with one attached hydrogen (secondary N) is 1. The average molecular weight is 415 g/mol. The topological polar surface area (TPSA) is 97.4 Å². The summed E-state index contributed by atoms with van der Waals surface area (Å²) in [5.74, 6) is -0.316. The number of pyridine rings is 1. The minimum absolute atomic E-state index is 0.235. The molecule has 0 aliphatic heterocycles. The number of urea groups is 1. The van der Waals surface area contributed by atoms with Crippen LogP contribution in [-0.2, 0) is 5.41 Å². The molecule has 1 saturated carbocycles. The van der Waals surface area contributed by atoms with E-state index in [1.54, 1.807) is 12.1 Å². The summed E-state index contributed by atoms with van der Waals surface area (Å²) in [6, 6.07) is 10.4. The zero-order valence-corrected chi connectivity index (χ0v) is 15.9. The van der Waals surface area contributed by atoms with Crippen LogP contribution in [0.15, 0.2) is 52.1 Å². The van der Waals surface area contributed by atoms with Crippen molar-refractivity contribution in [3.05, 3.63) is 63.9 Å². The van der Waals surface area contributed by atoms with Crippen molar-refractivity contribution < 1.29 is 9.59 Å². The third kappa shape index (κ3) is 3.67. The maximum Gasteiger partial charge on any atom is 0.349 e. The number of nitrogens with zero attached hydrogens (tertiary/aromatic N) is 2. The second kappa shape index (κ2) is 7.37. The van der Waals surface area contributed by atoms with E-state index < -0.39 is 17.4 Å². The lowest BCUT2D eigenvalue weighted by Crippen LogP contribution is -2.48. The maximum atomic E-state index is 12.1. The van der Waals surface area contributed by atoms with Crippen molar-refractivity contribution in [1.29, 1.82) is 0 Å². The van der Waals surface area contributed by atoms with Crippen molar-refractivity contribution in [2.75, 3.05) is 0 Å². The van der Waals surface area contributed by atoms with Gasteiger partial charge in [-0.3, -0.25) is 15.1 Å². The first-order chi connectivity index (χ1) is 12.4. The number of carbonyl (C=O) groups excluding carboxylic acids is 2. The summed E-state index contributed by atoms with van der Waals surface area (Å²) in [4.78, 5) is 32.2. The number of amides is 3. The van der Waals surface area contributed by atoms with Gasteiger partial charge >= 0.3 is 6.03 Å². The van der Waals surface area contributed by atoms with E-state index in [0.717, 1.165) is 35.0 Å². The number of aliphatic imine (C=N–C) groups is 1. The van der Waals surface area contributed by atoms with Gasteiger partial charge in [0.05, 0.1) is 11.0 Å². The summed E-state index contributed by atoms with van der Waals surface area (Å²) in [5.41, 5.74) is 7.84. The van der Waals surface area contributed by atoms with Crippen LogP contribution in [0.4, 0.5) is 4.79 Å². The number of benzene rings is 1. The van der Waals surface area contributed by atoms with Gasteiger partial charge in [-0.1, -0.05) is 34.5 Å². The molecule has 0 unspecified atom stereocenters. The molecule has 134 valence electrons. The highest BCUT2D eigenvalue weighted by Crippen LogP contribution is 2.44. The van der Waals surface area contributed by atoms with Gasteiger partial charge in [0.1, 0.15) is 5.84 Å². The largest absolute Gasteiger partial charge is 0.386 e. The highest BCUT2D eigenvalue weighted by molar-refractivity contribution is 9.10. The molecule has 7 heteroatoms. The van der Waals surface area contributed by atoms with Crippen molar-refractivity contribution in [3.63, 3.8) is 0 Å². The lowest BCUT2D eigenvalue weighted by molar-refractivity contribution is 0.0966. The van der Waals surface area contributed by atoms with E-state index in [-0.39, 0.29) is 5.84 Å². The van der Waals surface area contributed by atoms with E-state index in [2.05, 4.69) is 31.2 Å². The molecule has 0 saturated heterocycles. The second-order valence-electron chi connectivity index (χ2n) is 6.39. The Balaban J connectivity index is 1.75. The number of hydrogen-bond acceptors (Lipinski definition) is 3. The third-order valence-electron chi connectivity index (χ3n) is 4.71. The molecular formula is C19H19BrN4O2. The van der Waals surface area contributed by atoms with Gasteiger partial charge in [0.15, 0.2) is 0 Å². The number of halogens is 1. The van der Waals surface area contributed by atoms with Gasteiger partial charge in [-0.05, 0) is 49.6 Å². The number of nitrogens with two attached hydrogens (primary N) is 1. The molecule has 1 aliphatic rings. The molecule has 6 nitrogen and oxygen atoms in total. The normalized spacial score (nSPS) is 15.8. The summed E-state index contributed by atoms with van der Waals surface area (Å²) in [6.07, 6.45) is 4.09. The smallest absolute Gasteiger partial charge is 0.349 e. The molecular weight excluding hydrogens is 396 g/mol. The van der Waals surface area contributed by atoms with Crippen molar-refractivity contribution in [2.24, 2.45) is 10.7 Å². The van der Waals surface area contributed by atoms with Crippen molar-refractivity contribution >= 4 is 33.7 Å². The van der Waals surface area contributed by atoms with E-state index in [1.807, 2.05) is 31.2 Å². The Morgan fingerprint density at radius 2 is 1.88 bits per heavy atom. The molecule has 0 radical (unpaired) electrons. The standard InChI is InChI=1S/C19H19BrN4O2/c1-12-3-4-13(11-22-12)16(25)23-18(26)24-17(21)19(9-2-10-19)14-5-7-15(20)8-6-14/h3-8,11H,2,9-10H2,1H3,(H3,21,23,24,25,26). The van der Waals surface area contributed by atoms with Crippen LogP contribution in [0.2, 0.25) is 0 Å². The number of carbonyl (C=O) groups is 2. The average Bonchev–Trinajstić information content (AvgIpc) is 2.56. The zero-order valence-electron chi connectivity index (χ0n) is 14.3. The van der Waals surface area contributed by atoms with Crippen LogP contribution in [0.1, 0.15) is 40.9 Å². The van der Waals surface area contributed by atoms with Gasteiger partial charge < -0.3 is 5.73 Å². The van der Waals surface area contributed by atoms with Crippen LogP contribution >= 0.6 is 15.9 Å². The Labute approximate surface area is 160 Å². The number of aryl methyl sites for hydroxylation is 1. The lowest BCUT2D eigenvalue weighted by Gasteiger charge is -2.41.